The third kappa shape index (κ3) is 1.33. The SMILES string of the molecule is COC(C)n1ccc2ccccc21. The van der Waals surface area contributed by atoms with Crippen molar-refractivity contribution in [3.05, 3.63) is 36.5 Å². The Balaban J connectivity index is 2.57. The van der Waals surface area contributed by atoms with E-state index in [0.29, 0.717) is 0 Å². The number of nitrogens with zero attached hydrogens (tertiary/aromatic N) is 1. The summed E-state index contributed by atoms with van der Waals surface area (Å²) in [4.78, 5) is 0. The molecule has 0 spiro atoms. The van der Waals surface area contributed by atoms with Crippen LogP contribution < -0.4 is 0 Å². The van der Waals surface area contributed by atoms with Crippen LogP contribution in [-0.2, 0) is 4.74 Å². The predicted octanol–water partition coefficient (Wildman–Crippen LogP) is 2.81. The number of hydrogen-bond acceptors (Lipinski definition) is 1. The fraction of sp³-hybridized carbons (Fsp3) is 0.273. The molecule has 13 heavy (non-hydrogen) atoms. The first-order valence-electron chi connectivity index (χ1n) is 4.41. The molecule has 2 rings (SSSR count). The van der Waals surface area contributed by atoms with Crippen LogP contribution in [0.25, 0.3) is 10.9 Å². The van der Waals surface area contributed by atoms with Crippen LogP contribution >= 0.6 is 0 Å². The summed E-state index contributed by atoms with van der Waals surface area (Å²) in [7, 11) is 1.72. The fourth-order valence-electron chi connectivity index (χ4n) is 1.54. The summed E-state index contributed by atoms with van der Waals surface area (Å²) < 4.78 is 7.39. The molecule has 1 atom stereocenters. The maximum absolute atomic E-state index is 5.27. The summed E-state index contributed by atoms with van der Waals surface area (Å²) in [5.41, 5.74) is 1.22. The van der Waals surface area contributed by atoms with Crippen LogP contribution in [0.15, 0.2) is 36.5 Å². The van der Waals surface area contributed by atoms with Gasteiger partial charge in [0.05, 0.1) is 5.52 Å². The standard InChI is InChI=1S/C11H13NO/c1-9(13-2)12-8-7-10-5-3-4-6-11(10)12/h3-9H,1-2H3. The van der Waals surface area contributed by atoms with Gasteiger partial charge in [-0.2, -0.15) is 0 Å². The average Bonchev–Trinajstić information content (AvgIpc) is 2.60. The second kappa shape index (κ2) is 3.23. The van der Waals surface area contributed by atoms with Gasteiger partial charge in [-0.3, -0.25) is 0 Å². The molecule has 68 valence electrons. The van der Waals surface area contributed by atoms with Crippen LogP contribution in [0.2, 0.25) is 0 Å². The summed E-state index contributed by atoms with van der Waals surface area (Å²) >= 11 is 0. The Morgan fingerprint density at radius 3 is 2.77 bits per heavy atom. The molecule has 0 aliphatic rings. The zero-order chi connectivity index (χ0) is 9.26. The van der Waals surface area contributed by atoms with Crippen molar-refractivity contribution < 1.29 is 4.74 Å². The third-order valence-corrected chi connectivity index (χ3v) is 2.36. The molecule has 0 amide bonds. The van der Waals surface area contributed by atoms with E-state index in [4.69, 9.17) is 4.74 Å². The normalized spacial score (nSPS) is 13.4. The molecule has 0 saturated heterocycles. The van der Waals surface area contributed by atoms with Gasteiger partial charge in [0.15, 0.2) is 0 Å². The molecule has 0 fully saturated rings. The Morgan fingerprint density at radius 1 is 1.23 bits per heavy atom. The maximum Gasteiger partial charge on any atom is 0.130 e. The maximum atomic E-state index is 5.27. The predicted molar refractivity (Wildman–Crippen MR) is 53.7 cm³/mol. The molecular weight excluding hydrogens is 162 g/mol. The van der Waals surface area contributed by atoms with Crippen molar-refractivity contribution in [2.75, 3.05) is 7.11 Å². The first kappa shape index (κ1) is 8.32. The minimum Gasteiger partial charge on any atom is -0.362 e. The van der Waals surface area contributed by atoms with Crippen LogP contribution in [0, 0.1) is 0 Å². The molecule has 1 heterocycles. The lowest BCUT2D eigenvalue weighted by molar-refractivity contribution is 0.0642. The lowest BCUT2D eigenvalue weighted by Crippen LogP contribution is -2.04. The lowest BCUT2D eigenvalue weighted by Gasteiger charge is -2.12. The van der Waals surface area contributed by atoms with E-state index in [2.05, 4.69) is 29.0 Å². The highest BCUT2D eigenvalue weighted by Gasteiger charge is 2.04. The van der Waals surface area contributed by atoms with Gasteiger partial charge in [-0.1, -0.05) is 18.2 Å². The van der Waals surface area contributed by atoms with Gasteiger partial charge < -0.3 is 9.30 Å². The monoisotopic (exact) mass is 175 g/mol. The van der Waals surface area contributed by atoms with Gasteiger partial charge in [-0.15, -0.1) is 0 Å². The molecule has 0 aliphatic heterocycles. The van der Waals surface area contributed by atoms with E-state index in [9.17, 15) is 0 Å². The van der Waals surface area contributed by atoms with Crippen molar-refractivity contribution in [1.82, 2.24) is 4.57 Å². The molecule has 2 aromatic rings. The average molecular weight is 175 g/mol. The minimum atomic E-state index is 0.0971. The molecule has 1 aromatic heterocycles. The number of fused-ring (bicyclic) bond motifs is 1. The Kier molecular flexibility index (Phi) is 2.07. The topological polar surface area (TPSA) is 14.2 Å². The number of methoxy groups -OCH3 is 1. The number of ether oxygens (including phenoxy) is 1. The van der Waals surface area contributed by atoms with Crippen LogP contribution in [0.4, 0.5) is 0 Å². The highest BCUT2D eigenvalue weighted by molar-refractivity contribution is 5.79. The molecule has 1 aromatic carbocycles. The fourth-order valence-corrected chi connectivity index (χ4v) is 1.54. The van der Waals surface area contributed by atoms with Crippen LogP contribution in [0.3, 0.4) is 0 Å². The minimum absolute atomic E-state index is 0.0971. The molecule has 2 heteroatoms. The third-order valence-electron chi connectivity index (χ3n) is 2.36. The van der Waals surface area contributed by atoms with E-state index in [1.54, 1.807) is 7.11 Å². The summed E-state index contributed by atoms with van der Waals surface area (Å²) in [6.07, 6.45) is 2.15. The molecule has 0 radical (unpaired) electrons. The highest BCUT2D eigenvalue weighted by atomic mass is 16.5. The van der Waals surface area contributed by atoms with Gasteiger partial charge in [-0.05, 0) is 24.4 Å². The van der Waals surface area contributed by atoms with Gasteiger partial charge >= 0.3 is 0 Å². The molecular formula is C11H13NO. The van der Waals surface area contributed by atoms with Crippen LogP contribution in [0.5, 0.6) is 0 Å². The van der Waals surface area contributed by atoms with E-state index < -0.39 is 0 Å². The van der Waals surface area contributed by atoms with E-state index in [1.807, 2.05) is 19.1 Å². The zero-order valence-electron chi connectivity index (χ0n) is 7.90. The number of hydrogen-bond donors (Lipinski definition) is 0. The lowest BCUT2D eigenvalue weighted by atomic mass is 10.2. The Hall–Kier alpha value is -1.28. The molecule has 0 aliphatic carbocycles. The van der Waals surface area contributed by atoms with Crippen molar-refractivity contribution in [1.29, 1.82) is 0 Å². The van der Waals surface area contributed by atoms with Gasteiger partial charge in [0.25, 0.3) is 0 Å². The number of aromatic nitrogens is 1. The van der Waals surface area contributed by atoms with E-state index in [0.717, 1.165) is 0 Å². The quantitative estimate of drug-likeness (QED) is 0.684. The van der Waals surface area contributed by atoms with E-state index in [-0.39, 0.29) is 6.23 Å². The van der Waals surface area contributed by atoms with Gasteiger partial charge in [0.1, 0.15) is 6.23 Å². The number of para-hydroxylation sites is 1. The van der Waals surface area contributed by atoms with E-state index in [1.165, 1.54) is 10.9 Å². The van der Waals surface area contributed by atoms with Gasteiger partial charge in [0, 0.05) is 13.3 Å². The first-order valence-corrected chi connectivity index (χ1v) is 4.41. The number of benzene rings is 1. The second-order valence-corrected chi connectivity index (χ2v) is 3.12. The highest BCUT2D eigenvalue weighted by Crippen LogP contribution is 2.19. The Labute approximate surface area is 77.7 Å². The second-order valence-electron chi connectivity index (χ2n) is 3.12. The first-order chi connectivity index (χ1) is 6.33. The number of rotatable bonds is 2. The van der Waals surface area contributed by atoms with Gasteiger partial charge in [-0.25, -0.2) is 0 Å². The van der Waals surface area contributed by atoms with Crippen LogP contribution in [0.1, 0.15) is 13.2 Å². The van der Waals surface area contributed by atoms with Crippen molar-refractivity contribution in [2.45, 2.75) is 13.2 Å². The van der Waals surface area contributed by atoms with Crippen molar-refractivity contribution >= 4 is 10.9 Å². The van der Waals surface area contributed by atoms with E-state index >= 15 is 0 Å². The molecule has 0 bridgehead atoms. The molecule has 1 unspecified atom stereocenters. The summed E-state index contributed by atoms with van der Waals surface area (Å²) in [6.45, 7) is 2.03. The molecule has 0 saturated carbocycles. The van der Waals surface area contributed by atoms with Crippen molar-refractivity contribution in [2.24, 2.45) is 0 Å². The smallest absolute Gasteiger partial charge is 0.130 e. The van der Waals surface area contributed by atoms with Gasteiger partial charge in [0.2, 0.25) is 0 Å². The van der Waals surface area contributed by atoms with Crippen molar-refractivity contribution in [3.63, 3.8) is 0 Å². The molecule has 2 nitrogen and oxygen atoms in total. The summed E-state index contributed by atoms with van der Waals surface area (Å²) in [6, 6.07) is 10.4. The Bertz CT molecular complexity index is 405. The summed E-state index contributed by atoms with van der Waals surface area (Å²) in [5.74, 6) is 0. The zero-order valence-corrected chi connectivity index (χ0v) is 7.90. The largest absolute Gasteiger partial charge is 0.362 e. The van der Waals surface area contributed by atoms with Crippen molar-refractivity contribution in [3.8, 4) is 0 Å². The van der Waals surface area contributed by atoms with Crippen LogP contribution in [-0.4, -0.2) is 11.7 Å². The summed E-state index contributed by atoms with van der Waals surface area (Å²) in [5, 5.41) is 1.26. The Morgan fingerprint density at radius 2 is 2.00 bits per heavy atom. The molecule has 0 N–H and O–H groups in total.